The molecule has 0 atom stereocenters. The SMILES string of the molecule is CN(C=O)/C=C\N. The van der Waals surface area contributed by atoms with Crippen LogP contribution in [0.25, 0.3) is 0 Å². The monoisotopic (exact) mass is 100 g/mol. The molecule has 0 unspecified atom stereocenters. The van der Waals surface area contributed by atoms with E-state index in [0.29, 0.717) is 6.41 Å². The summed E-state index contributed by atoms with van der Waals surface area (Å²) in [4.78, 5) is 11.0. The number of nitrogens with zero attached hydrogens (tertiary/aromatic N) is 1. The summed E-state index contributed by atoms with van der Waals surface area (Å²) in [7, 11) is 1.61. The zero-order valence-corrected chi connectivity index (χ0v) is 4.16. The van der Waals surface area contributed by atoms with Crippen LogP contribution in [-0.4, -0.2) is 18.4 Å². The molecule has 0 saturated carbocycles. The Labute approximate surface area is 42.4 Å². The summed E-state index contributed by atoms with van der Waals surface area (Å²) in [6, 6.07) is 0. The Morgan fingerprint density at radius 3 is 2.43 bits per heavy atom. The molecule has 0 aromatic carbocycles. The van der Waals surface area contributed by atoms with Crippen LogP contribution in [0.2, 0.25) is 0 Å². The Morgan fingerprint density at radius 2 is 2.29 bits per heavy atom. The molecule has 40 valence electrons. The molecule has 1 amide bonds. The molecule has 0 bridgehead atoms. The quantitative estimate of drug-likeness (QED) is 0.476. The van der Waals surface area contributed by atoms with E-state index in [0.717, 1.165) is 0 Å². The first kappa shape index (κ1) is 6.01. The van der Waals surface area contributed by atoms with Crippen molar-refractivity contribution >= 4 is 6.41 Å². The Balaban J connectivity index is 3.35. The maximum Gasteiger partial charge on any atom is 0.213 e. The average Bonchev–Trinajstić information content (AvgIpc) is 1.68. The largest absolute Gasteiger partial charge is 0.403 e. The minimum absolute atomic E-state index is 0.670. The number of hydrogen-bond donors (Lipinski definition) is 1. The number of amides is 1. The summed E-state index contributed by atoms with van der Waals surface area (Å²) in [6.07, 6.45) is 3.44. The Morgan fingerprint density at radius 1 is 1.71 bits per heavy atom. The number of hydrogen-bond acceptors (Lipinski definition) is 2. The minimum Gasteiger partial charge on any atom is -0.403 e. The summed E-state index contributed by atoms with van der Waals surface area (Å²) in [5.74, 6) is 0. The molecule has 0 aliphatic rings. The van der Waals surface area contributed by atoms with Crippen molar-refractivity contribution in [1.82, 2.24) is 4.90 Å². The lowest BCUT2D eigenvalue weighted by atomic mass is 10.8. The van der Waals surface area contributed by atoms with Gasteiger partial charge in [-0.3, -0.25) is 4.79 Å². The highest BCUT2D eigenvalue weighted by molar-refractivity contribution is 5.47. The van der Waals surface area contributed by atoms with Crippen LogP contribution in [0.15, 0.2) is 12.4 Å². The van der Waals surface area contributed by atoms with Gasteiger partial charge in [0.2, 0.25) is 6.41 Å². The second-order valence-corrected chi connectivity index (χ2v) is 1.11. The fourth-order valence-electron chi connectivity index (χ4n) is 0.171. The van der Waals surface area contributed by atoms with Crippen LogP contribution in [-0.2, 0) is 4.79 Å². The van der Waals surface area contributed by atoms with E-state index < -0.39 is 0 Å². The van der Waals surface area contributed by atoms with Crippen molar-refractivity contribution in [2.45, 2.75) is 0 Å². The Bertz CT molecular complexity index is 79.8. The van der Waals surface area contributed by atoms with Crippen molar-refractivity contribution in [3.63, 3.8) is 0 Å². The summed E-state index contributed by atoms with van der Waals surface area (Å²) < 4.78 is 0. The topological polar surface area (TPSA) is 46.3 Å². The highest BCUT2D eigenvalue weighted by atomic mass is 16.1. The molecule has 0 aromatic heterocycles. The third kappa shape index (κ3) is 2.82. The van der Waals surface area contributed by atoms with Crippen LogP contribution >= 0.6 is 0 Å². The number of nitrogens with two attached hydrogens (primary N) is 1. The first-order chi connectivity index (χ1) is 3.31. The lowest BCUT2D eigenvalue weighted by Crippen LogP contribution is -2.06. The normalized spacial score (nSPS) is 9.29. The van der Waals surface area contributed by atoms with E-state index >= 15 is 0 Å². The predicted octanol–water partition coefficient (Wildman–Crippen LogP) is -0.495. The maximum absolute atomic E-state index is 9.71. The molecule has 2 N–H and O–H groups in total. The molecule has 0 rings (SSSR count). The van der Waals surface area contributed by atoms with Crippen LogP contribution in [0.5, 0.6) is 0 Å². The van der Waals surface area contributed by atoms with Gasteiger partial charge < -0.3 is 10.6 Å². The zero-order valence-electron chi connectivity index (χ0n) is 4.16. The number of rotatable bonds is 2. The Kier molecular flexibility index (Phi) is 2.76. The average molecular weight is 100 g/mol. The van der Waals surface area contributed by atoms with E-state index in [2.05, 4.69) is 0 Å². The van der Waals surface area contributed by atoms with Crippen molar-refractivity contribution in [2.75, 3.05) is 7.05 Å². The molecule has 3 nitrogen and oxygen atoms in total. The van der Waals surface area contributed by atoms with Gasteiger partial charge in [0.05, 0.1) is 0 Å². The maximum atomic E-state index is 9.71. The van der Waals surface area contributed by atoms with Gasteiger partial charge in [-0.25, -0.2) is 0 Å². The molecule has 0 aromatic rings. The summed E-state index contributed by atoms with van der Waals surface area (Å²) in [5.41, 5.74) is 4.92. The van der Waals surface area contributed by atoms with Gasteiger partial charge in [-0.1, -0.05) is 0 Å². The standard InChI is InChI=1S/C4H8N2O/c1-6(4-7)3-2-5/h2-4H,5H2,1H3/b3-2-. The van der Waals surface area contributed by atoms with Gasteiger partial charge in [0.15, 0.2) is 0 Å². The van der Waals surface area contributed by atoms with E-state index in [1.165, 1.54) is 17.3 Å². The molecule has 0 heterocycles. The fraction of sp³-hybridized carbons (Fsp3) is 0.250. The molecular formula is C4H8N2O. The van der Waals surface area contributed by atoms with E-state index in [1.54, 1.807) is 7.05 Å². The minimum atomic E-state index is 0.670. The van der Waals surface area contributed by atoms with Gasteiger partial charge in [0.1, 0.15) is 0 Å². The highest BCUT2D eigenvalue weighted by Gasteiger charge is 1.76. The van der Waals surface area contributed by atoms with Crippen molar-refractivity contribution in [1.29, 1.82) is 0 Å². The molecule has 0 spiro atoms. The zero-order chi connectivity index (χ0) is 5.70. The second-order valence-electron chi connectivity index (χ2n) is 1.11. The van der Waals surface area contributed by atoms with E-state index in [4.69, 9.17) is 5.73 Å². The van der Waals surface area contributed by atoms with Crippen LogP contribution in [0.3, 0.4) is 0 Å². The van der Waals surface area contributed by atoms with Crippen molar-refractivity contribution in [3.05, 3.63) is 12.4 Å². The van der Waals surface area contributed by atoms with Gasteiger partial charge in [-0.2, -0.15) is 0 Å². The smallest absolute Gasteiger partial charge is 0.213 e. The second kappa shape index (κ2) is 3.21. The molecule has 0 aliphatic heterocycles. The molecule has 7 heavy (non-hydrogen) atoms. The number of carbonyl (C=O) groups is 1. The lowest BCUT2D eigenvalue weighted by molar-refractivity contribution is -0.115. The van der Waals surface area contributed by atoms with Crippen LogP contribution < -0.4 is 5.73 Å². The van der Waals surface area contributed by atoms with Crippen LogP contribution in [0.1, 0.15) is 0 Å². The predicted molar refractivity (Wildman–Crippen MR) is 27.2 cm³/mol. The van der Waals surface area contributed by atoms with Crippen molar-refractivity contribution in [2.24, 2.45) is 5.73 Å². The van der Waals surface area contributed by atoms with Gasteiger partial charge >= 0.3 is 0 Å². The van der Waals surface area contributed by atoms with Crippen molar-refractivity contribution < 1.29 is 4.79 Å². The third-order valence-corrected chi connectivity index (χ3v) is 0.487. The van der Waals surface area contributed by atoms with Gasteiger partial charge in [-0.15, -0.1) is 0 Å². The third-order valence-electron chi connectivity index (χ3n) is 0.487. The molecule has 0 radical (unpaired) electrons. The first-order valence-electron chi connectivity index (χ1n) is 1.87. The summed E-state index contributed by atoms with van der Waals surface area (Å²) in [6.45, 7) is 0. The molecule has 0 aliphatic carbocycles. The molecular weight excluding hydrogens is 92.1 g/mol. The lowest BCUT2D eigenvalue weighted by Gasteiger charge is -1.97. The van der Waals surface area contributed by atoms with E-state index in [-0.39, 0.29) is 0 Å². The number of carbonyl (C=O) groups excluding carboxylic acids is 1. The highest BCUT2D eigenvalue weighted by Crippen LogP contribution is 1.70. The van der Waals surface area contributed by atoms with E-state index in [9.17, 15) is 4.79 Å². The van der Waals surface area contributed by atoms with Crippen LogP contribution in [0.4, 0.5) is 0 Å². The molecule has 0 fully saturated rings. The van der Waals surface area contributed by atoms with Crippen molar-refractivity contribution in [3.8, 4) is 0 Å². The fourth-order valence-corrected chi connectivity index (χ4v) is 0.171. The molecule has 3 heteroatoms. The van der Waals surface area contributed by atoms with Gasteiger partial charge in [-0.05, 0) is 0 Å². The Hall–Kier alpha value is -0.990. The van der Waals surface area contributed by atoms with Gasteiger partial charge in [0.25, 0.3) is 0 Å². The van der Waals surface area contributed by atoms with Gasteiger partial charge in [0, 0.05) is 19.4 Å². The van der Waals surface area contributed by atoms with E-state index in [1.807, 2.05) is 0 Å². The first-order valence-corrected chi connectivity index (χ1v) is 1.87. The van der Waals surface area contributed by atoms with Crippen LogP contribution in [0, 0.1) is 0 Å². The molecule has 0 saturated heterocycles. The summed E-state index contributed by atoms with van der Waals surface area (Å²) in [5, 5.41) is 0. The summed E-state index contributed by atoms with van der Waals surface area (Å²) >= 11 is 0.